The number of carbonyl (C=O) groups is 1. The van der Waals surface area contributed by atoms with Crippen LogP contribution in [0.4, 0.5) is 13.2 Å². The molecule has 0 saturated heterocycles. The highest BCUT2D eigenvalue weighted by atomic mass is 19.4. The molecular formula is C12H15F3N2O2. The van der Waals surface area contributed by atoms with E-state index in [-0.39, 0.29) is 11.7 Å². The van der Waals surface area contributed by atoms with Gasteiger partial charge in [-0.2, -0.15) is 18.3 Å². The highest BCUT2D eigenvalue weighted by Crippen LogP contribution is 2.32. The zero-order chi connectivity index (χ0) is 14.8. The summed E-state index contributed by atoms with van der Waals surface area (Å²) in [5.41, 5.74) is -0.822. The molecule has 0 aliphatic rings. The predicted octanol–water partition coefficient (Wildman–Crippen LogP) is 2.71. The normalized spacial score (nSPS) is 12.4. The molecule has 7 heteroatoms. The van der Waals surface area contributed by atoms with Crippen molar-refractivity contribution in [3.63, 3.8) is 0 Å². The van der Waals surface area contributed by atoms with Crippen LogP contribution in [0.2, 0.25) is 0 Å². The Morgan fingerprint density at radius 1 is 1.42 bits per heavy atom. The molecule has 19 heavy (non-hydrogen) atoms. The second-order valence-corrected chi connectivity index (χ2v) is 4.29. The smallest absolute Gasteiger partial charge is 0.435 e. The van der Waals surface area contributed by atoms with Gasteiger partial charge in [0.15, 0.2) is 5.69 Å². The van der Waals surface area contributed by atoms with Crippen LogP contribution in [0.25, 0.3) is 6.08 Å². The molecule has 0 aromatic carbocycles. The molecule has 0 spiro atoms. The number of ether oxygens (including phenoxy) is 1. The van der Waals surface area contributed by atoms with Crippen LogP contribution < -0.4 is 0 Å². The van der Waals surface area contributed by atoms with E-state index in [2.05, 4.69) is 5.10 Å². The van der Waals surface area contributed by atoms with E-state index in [1.807, 2.05) is 0 Å². The van der Waals surface area contributed by atoms with Crippen molar-refractivity contribution in [2.75, 3.05) is 0 Å². The number of rotatable bonds is 3. The van der Waals surface area contributed by atoms with E-state index in [1.54, 1.807) is 13.8 Å². The third kappa shape index (κ3) is 3.84. The standard InChI is InChI=1S/C12H15F3N2O2/c1-7(2)19-10(18)6-5-9-8(3)17(4)16-11(9)12(13,14)15/h5-7H,1-4H3/b6-5+. The van der Waals surface area contributed by atoms with Gasteiger partial charge >= 0.3 is 12.1 Å². The Morgan fingerprint density at radius 3 is 2.47 bits per heavy atom. The molecule has 0 unspecified atom stereocenters. The Labute approximate surface area is 108 Å². The van der Waals surface area contributed by atoms with Crippen molar-refractivity contribution in [2.24, 2.45) is 7.05 Å². The first-order chi connectivity index (χ1) is 8.62. The molecule has 0 aliphatic heterocycles. The number of esters is 1. The minimum Gasteiger partial charge on any atom is -0.460 e. The van der Waals surface area contributed by atoms with Crippen LogP contribution in [0.15, 0.2) is 6.08 Å². The lowest BCUT2D eigenvalue weighted by atomic mass is 10.1. The van der Waals surface area contributed by atoms with Gasteiger partial charge < -0.3 is 4.74 Å². The molecule has 0 saturated carbocycles. The summed E-state index contributed by atoms with van der Waals surface area (Å²) in [7, 11) is 1.41. The summed E-state index contributed by atoms with van der Waals surface area (Å²) >= 11 is 0. The largest absolute Gasteiger partial charge is 0.460 e. The molecule has 0 aliphatic carbocycles. The summed E-state index contributed by atoms with van der Waals surface area (Å²) in [4.78, 5) is 11.3. The Morgan fingerprint density at radius 2 is 2.00 bits per heavy atom. The molecule has 106 valence electrons. The van der Waals surface area contributed by atoms with Gasteiger partial charge in [0.05, 0.1) is 6.10 Å². The Hall–Kier alpha value is -1.79. The predicted molar refractivity (Wildman–Crippen MR) is 63.2 cm³/mol. The highest BCUT2D eigenvalue weighted by Gasteiger charge is 2.37. The molecule has 1 aromatic rings. The number of aryl methyl sites for hydroxylation is 1. The van der Waals surface area contributed by atoms with E-state index in [0.29, 0.717) is 5.69 Å². The van der Waals surface area contributed by atoms with Crippen LogP contribution in [-0.4, -0.2) is 21.9 Å². The van der Waals surface area contributed by atoms with E-state index < -0.39 is 17.8 Å². The van der Waals surface area contributed by atoms with Gasteiger partial charge in [-0.25, -0.2) is 4.79 Å². The Balaban J connectivity index is 3.07. The minimum atomic E-state index is -4.56. The van der Waals surface area contributed by atoms with Gasteiger partial charge in [0.1, 0.15) is 0 Å². The molecule has 0 radical (unpaired) electrons. The SMILES string of the molecule is Cc1c(/C=C/C(=O)OC(C)C)c(C(F)(F)F)nn1C. The maximum absolute atomic E-state index is 12.8. The Bertz CT molecular complexity index is 502. The van der Waals surface area contributed by atoms with Crippen molar-refractivity contribution in [1.29, 1.82) is 0 Å². The van der Waals surface area contributed by atoms with Crippen LogP contribution >= 0.6 is 0 Å². The molecule has 4 nitrogen and oxygen atoms in total. The summed E-state index contributed by atoms with van der Waals surface area (Å²) in [6.45, 7) is 4.81. The lowest BCUT2D eigenvalue weighted by Gasteiger charge is -2.05. The maximum Gasteiger partial charge on any atom is 0.435 e. The van der Waals surface area contributed by atoms with Crippen LogP contribution in [0.1, 0.15) is 30.8 Å². The summed E-state index contributed by atoms with van der Waals surface area (Å²) < 4.78 is 44.2. The zero-order valence-corrected chi connectivity index (χ0v) is 11.1. The van der Waals surface area contributed by atoms with Gasteiger partial charge in [0.25, 0.3) is 0 Å². The number of hydrogen-bond donors (Lipinski definition) is 0. The van der Waals surface area contributed by atoms with E-state index in [1.165, 1.54) is 14.0 Å². The van der Waals surface area contributed by atoms with Crippen molar-refractivity contribution in [3.05, 3.63) is 23.0 Å². The van der Waals surface area contributed by atoms with E-state index >= 15 is 0 Å². The fourth-order valence-electron chi connectivity index (χ4n) is 1.46. The minimum absolute atomic E-state index is 0.129. The van der Waals surface area contributed by atoms with Gasteiger partial charge in [-0.3, -0.25) is 4.68 Å². The van der Waals surface area contributed by atoms with Crippen molar-refractivity contribution < 1.29 is 22.7 Å². The molecule has 0 fully saturated rings. The third-order valence-corrected chi connectivity index (χ3v) is 2.39. The second kappa shape index (κ2) is 5.46. The fraction of sp³-hybridized carbons (Fsp3) is 0.500. The molecular weight excluding hydrogens is 261 g/mol. The van der Waals surface area contributed by atoms with Crippen LogP contribution in [-0.2, 0) is 22.8 Å². The van der Waals surface area contributed by atoms with Crippen molar-refractivity contribution in [3.8, 4) is 0 Å². The van der Waals surface area contributed by atoms with Crippen molar-refractivity contribution >= 4 is 12.0 Å². The topological polar surface area (TPSA) is 44.1 Å². The molecule has 0 amide bonds. The summed E-state index contributed by atoms with van der Waals surface area (Å²) in [6.07, 6.45) is -2.84. The van der Waals surface area contributed by atoms with Crippen LogP contribution in [0, 0.1) is 6.92 Å². The van der Waals surface area contributed by atoms with Crippen molar-refractivity contribution in [1.82, 2.24) is 9.78 Å². The fourth-order valence-corrected chi connectivity index (χ4v) is 1.46. The molecule has 1 heterocycles. The molecule has 0 bridgehead atoms. The molecule has 1 rings (SSSR count). The van der Waals surface area contributed by atoms with Gasteiger partial charge in [-0.1, -0.05) is 0 Å². The zero-order valence-electron chi connectivity index (χ0n) is 11.1. The van der Waals surface area contributed by atoms with Crippen LogP contribution in [0.3, 0.4) is 0 Å². The quantitative estimate of drug-likeness (QED) is 0.630. The number of carbonyl (C=O) groups excluding carboxylic acids is 1. The number of hydrogen-bond acceptors (Lipinski definition) is 3. The van der Waals surface area contributed by atoms with Gasteiger partial charge in [-0.05, 0) is 26.8 Å². The summed E-state index contributed by atoms with van der Waals surface area (Å²) in [6, 6.07) is 0. The number of aromatic nitrogens is 2. The lowest BCUT2D eigenvalue weighted by Crippen LogP contribution is -2.09. The molecule has 0 atom stereocenters. The Kier molecular flexibility index (Phi) is 4.39. The van der Waals surface area contributed by atoms with Gasteiger partial charge in [-0.15, -0.1) is 0 Å². The highest BCUT2D eigenvalue weighted by molar-refractivity contribution is 5.87. The van der Waals surface area contributed by atoms with Gasteiger partial charge in [0.2, 0.25) is 0 Å². The first-order valence-electron chi connectivity index (χ1n) is 5.62. The average molecular weight is 276 g/mol. The van der Waals surface area contributed by atoms with E-state index in [9.17, 15) is 18.0 Å². The second-order valence-electron chi connectivity index (χ2n) is 4.29. The summed E-state index contributed by atoms with van der Waals surface area (Å²) in [5.74, 6) is -0.689. The first kappa shape index (κ1) is 15.3. The average Bonchev–Trinajstić information content (AvgIpc) is 2.52. The number of halogens is 3. The van der Waals surface area contributed by atoms with Crippen LogP contribution in [0.5, 0.6) is 0 Å². The van der Waals surface area contributed by atoms with E-state index in [4.69, 9.17) is 4.74 Å². The maximum atomic E-state index is 12.8. The monoisotopic (exact) mass is 276 g/mol. The lowest BCUT2D eigenvalue weighted by molar-refractivity contribution is -0.142. The number of nitrogens with zero attached hydrogens (tertiary/aromatic N) is 2. The summed E-state index contributed by atoms with van der Waals surface area (Å²) in [5, 5.41) is 3.41. The third-order valence-electron chi connectivity index (χ3n) is 2.39. The molecule has 1 aromatic heterocycles. The van der Waals surface area contributed by atoms with Crippen molar-refractivity contribution in [2.45, 2.75) is 33.1 Å². The van der Waals surface area contributed by atoms with E-state index in [0.717, 1.165) is 16.8 Å². The first-order valence-corrected chi connectivity index (χ1v) is 5.62. The molecule has 0 N–H and O–H groups in total. The number of alkyl halides is 3. The van der Waals surface area contributed by atoms with Gasteiger partial charge in [0, 0.05) is 24.4 Å².